The van der Waals surface area contributed by atoms with Gasteiger partial charge >= 0.3 is 0 Å². The van der Waals surface area contributed by atoms with Gasteiger partial charge in [-0.25, -0.2) is 4.39 Å². The van der Waals surface area contributed by atoms with Crippen LogP contribution in [0.4, 0.5) is 4.39 Å². The number of nitriles is 1. The van der Waals surface area contributed by atoms with E-state index in [1.54, 1.807) is 18.2 Å². The standard InChI is InChI=1S/C19H14FNO4/c1-12(22)18(23)9-19(24)13-3-2-4-17(8-13)25-11-14-5-6-16(20)7-15(14)10-21/h2-9,24H,11H2,1H3. The summed E-state index contributed by atoms with van der Waals surface area (Å²) in [6.07, 6.45) is 0.842. The number of rotatable bonds is 6. The number of carbonyl (C=O) groups excluding carboxylic acids is 2. The van der Waals surface area contributed by atoms with E-state index in [1.807, 2.05) is 6.07 Å². The highest BCUT2D eigenvalue weighted by Gasteiger charge is 2.09. The molecule has 2 rings (SSSR count). The molecular formula is C19H14FNO4. The van der Waals surface area contributed by atoms with E-state index in [4.69, 9.17) is 10.00 Å². The Labute approximate surface area is 143 Å². The van der Waals surface area contributed by atoms with E-state index in [-0.39, 0.29) is 17.9 Å². The maximum Gasteiger partial charge on any atom is 0.224 e. The topological polar surface area (TPSA) is 87.4 Å². The van der Waals surface area contributed by atoms with Gasteiger partial charge in [0.1, 0.15) is 23.9 Å². The fraction of sp³-hybridized carbons (Fsp3) is 0.105. The fourth-order valence-corrected chi connectivity index (χ4v) is 1.99. The number of ketones is 2. The molecule has 5 nitrogen and oxygen atoms in total. The highest BCUT2D eigenvalue weighted by atomic mass is 19.1. The average molecular weight is 339 g/mol. The molecule has 0 atom stereocenters. The summed E-state index contributed by atoms with van der Waals surface area (Å²) < 4.78 is 18.7. The first kappa shape index (κ1) is 17.9. The molecule has 0 spiro atoms. The summed E-state index contributed by atoms with van der Waals surface area (Å²) in [5, 5.41) is 18.9. The van der Waals surface area contributed by atoms with Gasteiger partial charge < -0.3 is 9.84 Å². The second-order valence-corrected chi connectivity index (χ2v) is 5.18. The molecule has 6 heteroatoms. The van der Waals surface area contributed by atoms with Crippen molar-refractivity contribution in [3.63, 3.8) is 0 Å². The van der Waals surface area contributed by atoms with Gasteiger partial charge in [0.25, 0.3) is 0 Å². The number of aliphatic hydroxyl groups excluding tert-OH is 1. The van der Waals surface area contributed by atoms with Crippen LogP contribution < -0.4 is 4.74 Å². The molecule has 1 N–H and O–H groups in total. The summed E-state index contributed by atoms with van der Waals surface area (Å²) in [6.45, 7) is 1.14. The molecule has 2 aromatic rings. The van der Waals surface area contributed by atoms with Crippen LogP contribution in [0.2, 0.25) is 0 Å². The zero-order valence-corrected chi connectivity index (χ0v) is 13.3. The molecule has 0 aliphatic rings. The van der Waals surface area contributed by atoms with E-state index in [0.29, 0.717) is 16.9 Å². The number of aliphatic hydroxyl groups is 1. The minimum Gasteiger partial charge on any atom is -0.507 e. The lowest BCUT2D eigenvalue weighted by Crippen LogP contribution is -2.06. The monoisotopic (exact) mass is 339 g/mol. The van der Waals surface area contributed by atoms with Gasteiger partial charge in [0.2, 0.25) is 5.78 Å². The number of halogens is 1. The van der Waals surface area contributed by atoms with Gasteiger partial charge in [-0.1, -0.05) is 18.2 Å². The largest absolute Gasteiger partial charge is 0.507 e. The van der Waals surface area contributed by atoms with E-state index < -0.39 is 17.4 Å². The number of hydrogen-bond acceptors (Lipinski definition) is 5. The van der Waals surface area contributed by atoms with Gasteiger partial charge in [-0.05, 0) is 24.3 Å². The number of carbonyl (C=O) groups is 2. The number of nitrogens with zero attached hydrogens (tertiary/aromatic N) is 1. The number of ether oxygens (including phenoxy) is 1. The van der Waals surface area contributed by atoms with Gasteiger partial charge in [0.05, 0.1) is 11.6 Å². The van der Waals surface area contributed by atoms with Crippen LogP contribution in [0.25, 0.3) is 5.76 Å². The summed E-state index contributed by atoms with van der Waals surface area (Å²) in [6, 6.07) is 12.0. The molecule has 126 valence electrons. The molecule has 0 aromatic heterocycles. The molecular weight excluding hydrogens is 325 g/mol. The van der Waals surface area contributed by atoms with Crippen molar-refractivity contribution in [2.24, 2.45) is 0 Å². The van der Waals surface area contributed by atoms with Crippen LogP contribution in [0.5, 0.6) is 5.75 Å². The summed E-state index contributed by atoms with van der Waals surface area (Å²) in [5.74, 6) is -1.98. The normalized spacial score (nSPS) is 10.8. The Hall–Kier alpha value is -3.46. The van der Waals surface area contributed by atoms with Crippen molar-refractivity contribution in [3.05, 3.63) is 71.0 Å². The van der Waals surface area contributed by atoms with Crippen LogP contribution in [0.15, 0.2) is 48.5 Å². The second-order valence-electron chi connectivity index (χ2n) is 5.18. The Morgan fingerprint density at radius 2 is 2.04 bits per heavy atom. The zero-order chi connectivity index (χ0) is 18.4. The first-order chi connectivity index (χ1) is 11.9. The quantitative estimate of drug-likeness (QED) is 0.495. The summed E-state index contributed by atoms with van der Waals surface area (Å²) in [5.41, 5.74) is 0.985. The van der Waals surface area contributed by atoms with E-state index in [9.17, 15) is 19.1 Å². The van der Waals surface area contributed by atoms with Crippen molar-refractivity contribution in [1.29, 1.82) is 5.26 Å². The van der Waals surface area contributed by atoms with Crippen molar-refractivity contribution in [2.75, 3.05) is 0 Å². The molecule has 0 amide bonds. The van der Waals surface area contributed by atoms with Gasteiger partial charge in [-0.15, -0.1) is 0 Å². The van der Waals surface area contributed by atoms with Crippen molar-refractivity contribution < 1.29 is 23.8 Å². The summed E-state index contributed by atoms with van der Waals surface area (Å²) in [4.78, 5) is 22.3. The molecule has 0 saturated carbocycles. The first-order valence-corrected chi connectivity index (χ1v) is 7.28. The van der Waals surface area contributed by atoms with Crippen LogP contribution in [0.1, 0.15) is 23.6 Å². The Kier molecular flexibility index (Phi) is 5.64. The highest BCUT2D eigenvalue weighted by Crippen LogP contribution is 2.20. The molecule has 2 aromatic carbocycles. The van der Waals surface area contributed by atoms with E-state index >= 15 is 0 Å². The van der Waals surface area contributed by atoms with E-state index in [2.05, 4.69) is 0 Å². The lowest BCUT2D eigenvalue weighted by molar-refractivity contribution is -0.132. The lowest BCUT2D eigenvalue weighted by Gasteiger charge is -2.09. The first-order valence-electron chi connectivity index (χ1n) is 7.28. The Bertz CT molecular complexity index is 897. The Morgan fingerprint density at radius 1 is 1.28 bits per heavy atom. The van der Waals surface area contributed by atoms with Crippen LogP contribution in [-0.2, 0) is 16.2 Å². The van der Waals surface area contributed by atoms with E-state index in [1.165, 1.54) is 18.2 Å². The minimum atomic E-state index is -0.811. The third-order valence-corrected chi connectivity index (χ3v) is 3.33. The van der Waals surface area contributed by atoms with Crippen molar-refractivity contribution in [3.8, 4) is 11.8 Å². The predicted molar refractivity (Wildman–Crippen MR) is 88.2 cm³/mol. The van der Waals surface area contributed by atoms with E-state index in [0.717, 1.165) is 19.1 Å². The zero-order valence-electron chi connectivity index (χ0n) is 13.3. The second kappa shape index (κ2) is 7.88. The maximum absolute atomic E-state index is 13.1. The van der Waals surface area contributed by atoms with Crippen LogP contribution in [0, 0.1) is 17.1 Å². The van der Waals surface area contributed by atoms with Gasteiger partial charge in [0, 0.05) is 24.1 Å². The molecule has 0 fully saturated rings. The van der Waals surface area contributed by atoms with Gasteiger partial charge in [0.15, 0.2) is 5.78 Å². The minimum absolute atomic E-state index is 0.0312. The molecule has 0 saturated heterocycles. The Morgan fingerprint density at radius 3 is 2.72 bits per heavy atom. The average Bonchev–Trinajstić information content (AvgIpc) is 2.60. The van der Waals surface area contributed by atoms with Gasteiger partial charge in [-0.3, -0.25) is 9.59 Å². The molecule has 0 bridgehead atoms. The molecule has 0 radical (unpaired) electrons. The molecule has 0 aliphatic heterocycles. The summed E-state index contributed by atoms with van der Waals surface area (Å²) in [7, 11) is 0. The van der Waals surface area contributed by atoms with Crippen molar-refractivity contribution >= 4 is 17.3 Å². The molecule has 0 unspecified atom stereocenters. The number of Topliss-reactive ketones (excluding diaryl/α,β-unsaturated/α-hetero) is 1. The van der Waals surface area contributed by atoms with Crippen molar-refractivity contribution in [2.45, 2.75) is 13.5 Å². The number of allylic oxidation sites excluding steroid dienone is 1. The lowest BCUT2D eigenvalue weighted by atomic mass is 10.1. The SMILES string of the molecule is CC(=O)C(=O)C=C(O)c1cccc(OCc2ccc(F)cc2C#N)c1. The maximum atomic E-state index is 13.1. The van der Waals surface area contributed by atoms with Crippen LogP contribution in [-0.4, -0.2) is 16.7 Å². The fourth-order valence-electron chi connectivity index (χ4n) is 1.99. The highest BCUT2D eigenvalue weighted by molar-refractivity contribution is 6.41. The predicted octanol–water partition coefficient (Wildman–Crippen LogP) is 3.33. The van der Waals surface area contributed by atoms with Crippen LogP contribution >= 0.6 is 0 Å². The number of benzene rings is 2. The third-order valence-electron chi connectivity index (χ3n) is 3.33. The Balaban J connectivity index is 2.16. The molecule has 0 heterocycles. The number of hydrogen-bond donors (Lipinski definition) is 1. The van der Waals surface area contributed by atoms with Crippen molar-refractivity contribution in [1.82, 2.24) is 0 Å². The smallest absolute Gasteiger partial charge is 0.224 e. The molecule has 25 heavy (non-hydrogen) atoms. The molecule has 0 aliphatic carbocycles. The van der Waals surface area contributed by atoms with Gasteiger partial charge in [-0.2, -0.15) is 5.26 Å². The van der Waals surface area contributed by atoms with Crippen LogP contribution in [0.3, 0.4) is 0 Å². The summed E-state index contributed by atoms with van der Waals surface area (Å²) >= 11 is 0. The third kappa shape index (κ3) is 4.75.